The van der Waals surface area contributed by atoms with Gasteiger partial charge in [-0.1, -0.05) is 0 Å². The van der Waals surface area contributed by atoms with E-state index >= 15 is 0 Å². The summed E-state index contributed by atoms with van der Waals surface area (Å²) < 4.78 is 27.1. The number of pyridine rings is 1. The van der Waals surface area contributed by atoms with Gasteiger partial charge in [-0.25, -0.2) is 18.4 Å². The number of nitrogens with one attached hydrogen (secondary N) is 1. The summed E-state index contributed by atoms with van der Waals surface area (Å²) in [4.78, 5) is 12.8. The van der Waals surface area contributed by atoms with Crippen LogP contribution in [0.15, 0.2) is 40.4 Å². The molecule has 0 radical (unpaired) electrons. The van der Waals surface area contributed by atoms with Gasteiger partial charge < -0.3 is 9.88 Å². The van der Waals surface area contributed by atoms with Crippen LogP contribution in [-0.4, -0.2) is 53.9 Å². The Hall–Kier alpha value is -1.45. The average Bonchev–Trinajstić information content (AvgIpc) is 3.03. The number of halogens is 1. The molecule has 1 N–H and O–H groups in total. The normalized spacial score (nSPS) is 17.1. The first kappa shape index (κ1) is 14.5. The SMILES string of the molecule is O=S(=O)(c1cnc[nH]1)N1CCN(c2ccc(Br)cn2)CC1. The van der Waals surface area contributed by atoms with Crippen molar-refractivity contribution in [3.8, 4) is 0 Å². The number of imidazole rings is 1. The van der Waals surface area contributed by atoms with Crippen LogP contribution in [0, 0.1) is 0 Å². The molecule has 9 heteroatoms. The van der Waals surface area contributed by atoms with E-state index in [1.807, 2.05) is 12.1 Å². The molecule has 0 unspecified atom stereocenters. The van der Waals surface area contributed by atoms with Crippen LogP contribution >= 0.6 is 15.9 Å². The Bertz CT molecular complexity index is 694. The lowest BCUT2D eigenvalue weighted by atomic mass is 10.3. The van der Waals surface area contributed by atoms with Crippen molar-refractivity contribution in [2.75, 3.05) is 31.1 Å². The van der Waals surface area contributed by atoms with Gasteiger partial charge in [-0.15, -0.1) is 0 Å². The van der Waals surface area contributed by atoms with E-state index in [4.69, 9.17) is 0 Å². The molecule has 112 valence electrons. The third-order valence-electron chi connectivity index (χ3n) is 3.37. The summed E-state index contributed by atoms with van der Waals surface area (Å²) in [5.41, 5.74) is 0. The summed E-state index contributed by atoms with van der Waals surface area (Å²) in [5, 5.41) is 0.137. The van der Waals surface area contributed by atoms with Crippen molar-refractivity contribution in [3.63, 3.8) is 0 Å². The smallest absolute Gasteiger partial charge is 0.260 e. The maximum absolute atomic E-state index is 12.4. The summed E-state index contributed by atoms with van der Waals surface area (Å²) in [5.74, 6) is 0.858. The molecule has 0 saturated carbocycles. The molecule has 7 nitrogen and oxygen atoms in total. The van der Waals surface area contributed by atoms with E-state index in [1.54, 1.807) is 6.20 Å². The van der Waals surface area contributed by atoms with Gasteiger partial charge in [0.2, 0.25) is 0 Å². The maximum atomic E-state index is 12.4. The number of piperazine rings is 1. The second-order valence-corrected chi connectivity index (χ2v) is 7.46. The standard InChI is InChI=1S/C12H14BrN5O2S/c13-10-1-2-11(15-7-10)17-3-5-18(6-4-17)21(19,20)12-8-14-9-16-12/h1-2,7-9H,3-6H2,(H,14,16). The molecule has 1 aliphatic heterocycles. The molecular formula is C12H14BrN5O2S. The lowest BCUT2D eigenvalue weighted by Crippen LogP contribution is -2.49. The lowest BCUT2D eigenvalue weighted by Gasteiger charge is -2.34. The highest BCUT2D eigenvalue weighted by molar-refractivity contribution is 9.10. The van der Waals surface area contributed by atoms with Crippen molar-refractivity contribution in [2.45, 2.75) is 5.03 Å². The first-order chi connectivity index (χ1) is 10.1. The summed E-state index contributed by atoms with van der Waals surface area (Å²) in [6.07, 6.45) is 4.44. The highest BCUT2D eigenvalue weighted by Gasteiger charge is 2.29. The molecule has 3 heterocycles. The molecule has 2 aromatic rings. The minimum Gasteiger partial charge on any atom is -0.354 e. The number of nitrogens with zero attached hydrogens (tertiary/aromatic N) is 4. The highest BCUT2D eigenvalue weighted by atomic mass is 79.9. The second-order valence-electron chi connectivity index (χ2n) is 4.64. The van der Waals surface area contributed by atoms with Crippen LogP contribution < -0.4 is 4.90 Å². The zero-order valence-corrected chi connectivity index (χ0v) is 13.5. The number of sulfonamides is 1. The molecule has 0 aromatic carbocycles. The summed E-state index contributed by atoms with van der Waals surface area (Å²) in [6, 6.07) is 3.85. The van der Waals surface area contributed by atoms with Gasteiger partial charge in [-0.3, -0.25) is 0 Å². The summed E-state index contributed by atoms with van der Waals surface area (Å²) in [6.45, 7) is 2.09. The van der Waals surface area contributed by atoms with Gasteiger partial charge in [0.1, 0.15) is 5.82 Å². The van der Waals surface area contributed by atoms with E-state index in [1.165, 1.54) is 16.8 Å². The van der Waals surface area contributed by atoms with E-state index in [9.17, 15) is 8.42 Å². The lowest BCUT2D eigenvalue weighted by molar-refractivity contribution is 0.382. The van der Waals surface area contributed by atoms with Crippen molar-refractivity contribution in [1.29, 1.82) is 0 Å². The molecule has 21 heavy (non-hydrogen) atoms. The number of rotatable bonds is 3. The molecular weight excluding hydrogens is 358 g/mol. The minimum atomic E-state index is -3.47. The fourth-order valence-electron chi connectivity index (χ4n) is 2.24. The van der Waals surface area contributed by atoms with Gasteiger partial charge in [-0.05, 0) is 28.1 Å². The minimum absolute atomic E-state index is 0.137. The third-order valence-corrected chi connectivity index (χ3v) is 5.66. The molecule has 0 amide bonds. The van der Waals surface area contributed by atoms with Gasteiger partial charge >= 0.3 is 0 Å². The predicted molar refractivity (Wildman–Crippen MR) is 81.5 cm³/mol. The Kier molecular flexibility index (Phi) is 3.96. The molecule has 3 rings (SSSR count). The highest BCUT2D eigenvalue weighted by Crippen LogP contribution is 2.19. The predicted octanol–water partition coefficient (Wildman–Crippen LogP) is 1.08. The number of hydrogen-bond acceptors (Lipinski definition) is 5. The summed E-state index contributed by atoms with van der Waals surface area (Å²) in [7, 11) is -3.47. The molecule has 1 aliphatic rings. The summed E-state index contributed by atoms with van der Waals surface area (Å²) >= 11 is 3.35. The number of anilines is 1. The Balaban J connectivity index is 1.69. The molecule has 0 spiro atoms. The van der Waals surface area contributed by atoms with Gasteiger partial charge in [0.15, 0.2) is 5.03 Å². The van der Waals surface area contributed by atoms with Crippen LogP contribution in [0.5, 0.6) is 0 Å². The van der Waals surface area contributed by atoms with E-state index in [2.05, 4.69) is 35.8 Å². The zero-order chi connectivity index (χ0) is 14.9. The number of aromatic nitrogens is 3. The van der Waals surface area contributed by atoms with Crippen LogP contribution in [0.4, 0.5) is 5.82 Å². The Morgan fingerprint density at radius 3 is 2.48 bits per heavy atom. The maximum Gasteiger partial charge on any atom is 0.260 e. The number of hydrogen-bond donors (Lipinski definition) is 1. The first-order valence-electron chi connectivity index (χ1n) is 6.42. The van der Waals surface area contributed by atoms with E-state index in [-0.39, 0.29) is 5.03 Å². The molecule has 0 bridgehead atoms. The number of aromatic amines is 1. The Morgan fingerprint density at radius 2 is 1.90 bits per heavy atom. The molecule has 0 aliphatic carbocycles. The van der Waals surface area contributed by atoms with Gasteiger partial charge in [-0.2, -0.15) is 4.31 Å². The topological polar surface area (TPSA) is 82.2 Å². The van der Waals surface area contributed by atoms with Crippen LogP contribution in [0.3, 0.4) is 0 Å². The Labute approximate surface area is 131 Å². The molecule has 0 atom stereocenters. The van der Waals surface area contributed by atoms with Crippen LogP contribution in [0.1, 0.15) is 0 Å². The zero-order valence-electron chi connectivity index (χ0n) is 11.1. The van der Waals surface area contributed by atoms with Crippen molar-refractivity contribution in [2.24, 2.45) is 0 Å². The van der Waals surface area contributed by atoms with Crippen molar-refractivity contribution < 1.29 is 8.42 Å². The first-order valence-corrected chi connectivity index (χ1v) is 8.66. The fourth-order valence-corrected chi connectivity index (χ4v) is 3.79. The average molecular weight is 372 g/mol. The molecule has 1 fully saturated rings. The van der Waals surface area contributed by atoms with Crippen LogP contribution in [0.2, 0.25) is 0 Å². The molecule has 1 saturated heterocycles. The van der Waals surface area contributed by atoms with Gasteiger partial charge in [0.05, 0.1) is 12.5 Å². The van der Waals surface area contributed by atoms with Crippen molar-refractivity contribution >= 4 is 31.8 Å². The van der Waals surface area contributed by atoms with E-state index in [0.717, 1.165) is 10.3 Å². The third kappa shape index (κ3) is 2.94. The van der Waals surface area contributed by atoms with E-state index < -0.39 is 10.0 Å². The quantitative estimate of drug-likeness (QED) is 0.872. The van der Waals surface area contributed by atoms with E-state index in [0.29, 0.717) is 26.2 Å². The van der Waals surface area contributed by atoms with Crippen molar-refractivity contribution in [3.05, 3.63) is 35.3 Å². The second kappa shape index (κ2) is 5.74. The van der Waals surface area contributed by atoms with Crippen LogP contribution in [-0.2, 0) is 10.0 Å². The Morgan fingerprint density at radius 1 is 1.14 bits per heavy atom. The van der Waals surface area contributed by atoms with Gasteiger partial charge in [0.25, 0.3) is 10.0 Å². The van der Waals surface area contributed by atoms with Crippen molar-refractivity contribution in [1.82, 2.24) is 19.3 Å². The molecule has 2 aromatic heterocycles. The number of H-pyrrole nitrogens is 1. The van der Waals surface area contributed by atoms with Gasteiger partial charge in [0, 0.05) is 36.8 Å². The largest absolute Gasteiger partial charge is 0.354 e. The monoisotopic (exact) mass is 371 g/mol. The fraction of sp³-hybridized carbons (Fsp3) is 0.333. The van der Waals surface area contributed by atoms with Crippen LogP contribution in [0.25, 0.3) is 0 Å².